The number of piperidine rings is 1. The molecular formula is C31H39N3O. The summed E-state index contributed by atoms with van der Waals surface area (Å²) in [4.78, 5) is 18.8. The fourth-order valence-corrected chi connectivity index (χ4v) is 9.29. The molecule has 5 fully saturated rings. The highest BCUT2D eigenvalue weighted by Crippen LogP contribution is 2.62. The van der Waals surface area contributed by atoms with Crippen molar-refractivity contribution in [1.29, 1.82) is 0 Å². The molecule has 2 aromatic rings. The first-order chi connectivity index (χ1) is 16.8. The molecule has 4 unspecified atom stereocenters. The summed E-state index contributed by atoms with van der Waals surface area (Å²) in [5, 5.41) is 3.75. The topological polar surface area (TPSA) is 35.6 Å². The van der Waals surface area contributed by atoms with Gasteiger partial charge in [0.15, 0.2) is 0 Å². The predicted molar refractivity (Wildman–Crippen MR) is 141 cm³/mol. The van der Waals surface area contributed by atoms with Crippen LogP contribution in [0.4, 0.5) is 10.5 Å². The molecule has 4 nitrogen and oxygen atoms in total. The van der Waals surface area contributed by atoms with E-state index < -0.39 is 0 Å². The molecule has 4 bridgehead atoms. The molecule has 4 aliphatic carbocycles. The third-order valence-electron chi connectivity index (χ3n) is 10.3. The molecule has 2 aliphatic heterocycles. The van der Waals surface area contributed by atoms with Crippen molar-refractivity contribution in [2.75, 3.05) is 25.0 Å². The van der Waals surface area contributed by atoms with Crippen LogP contribution in [0.25, 0.3) is 0 Å². The van der Waals surface area contributed by atoms with Crippen LogP contribution >= 0.6 is 0 Å². The number of benzene rings is 2. The average molecular weight is 470 g/mol. The van der Waals surface area contributed by atoms with Crippen LogP contribution in [0.2, 0.25) is 0 Å². The standard InChI is InChI=1S/C31H39N3O/c1-20-4-7-24(8-5-20)30-14-22-13-23(15-30)17-31(16-22,19-30)32-29(35)34-27-9-6-21(2)12-25(27)26-18-33(3)11-10-28(26)34/h4-9,12,22-23,26,28H,10-11,13-19H2,1-3H3,(H,32,35). The highest BCUT2D eigenvalue weighted by molar-refractivity contribution is 5.96. The van der Waals surface area contributed by atoms with Gasteiger partial charge in [-0.25, -0.2) is 4.79 Å². The number of likely N-dealkylation sites (tertiary alicyclic amines) is 1. The SMILES string of the molecule is Cc1ccc(C23CC4CC(CC(NC(=O)N5c6ccc(C)cc6C6CN(C)CCC65)(C4)C2)C3)cc1. The normalized spacial score (nSPS) is 37.3. The minimum absolute atomic E-state index is 0.0551. The lowest BCUT2D eigenvalue weighted by atomic mass is 9.45. The van der Waals surface area contributed by atoms with Crippen LogP contribution in [-0.2, 0) is 5.41 Å². The second kappa shape index (κ2) is 7.59. The van der Waals surface area contributed by atoms with Crippen LogP contribution < -0.4 is 10.2 Å². The van der Waals surface area contributed by atoms with Crippen molar-refractivity contribution in [1.82, 2.24) is 10.2 Å². The van der Waals surface area contributed by atoms with Crippen molar-refractivity contribution in [2.45, 2.75) is 81.7 Å². The zero-order valence-corrected chi connectivity index (χ0v) is 21.5. The van der Waals surface area contributed by atoms with Crippen LogP contribution in [0.3, 0.4) is 0 Å². The number of nitrogens with one attached hydrogen (secondary N) is 1. The third kappa shape index (κ3) is 3.39. The molecule has 4 atom stereocenters. The van der Waals surface area contributed by atoms with Gasteiger partial charge in [-0.15, -0.1) is 0 Å². The van der Waals surface area contributed by atoms with Crippen molar-refractivity contribution < 1.29 is 4.79 Å². The lowest BCUT2D eigenvalue weighted by Gasteiger charge is -2.62. The Labute approximate surface area is 210 Å². The van der Waals surface area contributed by atoms with Crippen molar-refractivity contribution in [3.63, 3.8) is 0 Å². The molecule has 2 amide bonds. The minimum atomic E-state index is -0.0551. The highest BCUT2D eigenvalue weighted by Gasteiger charge is 2.59. The first-order valence-electron chi connectivity index (χ1n) is 13.8. The Hall–Kier alpha value is -2.33. The van der Waals surface area contributed by atoms with Crippen LogP contribution in [0, 0.1) is 25.7 Å². The van der Waals surface area contributed by atoms with Crippen LogP contribution in [0.1, 0.15) is 73.1 Å². The second-order valence-electron chi connectivity index (χ2n) is 13.0. The number of amides is 2. The Kier molecular flexibility index (Phi) is 4.75. The molecule has 6 aliphatic rings. The van der Waals surface area contributed by atoms with Gasteiger partial charge in [-0.1, -0.05) is 47.5 Å². The van der Waals surface area contributed by atoms with Gasteiger partial charge < -0.3 is 10.2 Å². The molecule has 35 heavy (non-hydrogen) atoms. The number of hydrogen-bond donors (Lipinski definition) is 1. The zero-order valence-electron chi connectivity index (χ0n) is 21.5. The number of fused-ring (bicyclic) bond motifs is 3. The Morgan fingerprint density at radius 3 is 2.43 bits per heavy atom. The summed E-state index contributed by atoms with van der Waals surface area (Å²) in [6.45, 7) is 6.45. The highest BCUT2D eigenvalue weighted by atomic mass is 16.2. The van der Waals surface area contributed by atoms with E-state index >= 15 is 0 Å². The molecule has 4 heteroatoms. The summed E-state index contributed by atoms with van der Waals surface area (Å²) < 4.78 is 0. The number of anilines is 1. The summed E-state index contributed by atoms with van der Waals surface area (Å²) in [5.74, 6) is 1.90. The number of likely N-dealkylation sites (N-methyl/N-ethyl adjacent to an activating group) is 1. The first kappa shape index (κ1) is 21.9. The molecular weight excluding hydrogens is 430 g/mol. The second-order valence-corrected chi connectivity index (χ2v) is 13.0. The fraction of sp³-hybridized carbons (Fsp3) is 0.581. The van der Waals surface area contributed by atoms with E-state index in [1.165, 1.54) is 41.5 Å². The maximum absolute atomic E-state index is 14.2. The van der Waals surface area contributed by atoms with Gasteiger partial charge in [-0.05, 0) is 107 Å². The van der Waals surface area contributed by atoms with Crippen molar-refractivity contribution in [3.8, 4) is 0 Å². The van der Waals surface area contributed by atoms with E-state index in [9.17, 15) is 4.79 Å². The van der Waals surface area contributed by atoms with E-state index in [-0.39, 0.29) is 23.0 Å². The van der Waals surface area contributed by atoms with E-state index in [0.717, 1.165) is 56.3 Å². The van der Waals surface area contributed by atoms with Gasteiger partial charge in [0.1, 0.15) is 0 Å². The number of hydrogen-bond acceptors (Lipinski definition) is 2. The molecule has 1 N–H and O–H groups in total. The fourth-order valence-electron chi connectivity index (χ4n) is 9.29. The van der Waals surface area contributed by atoms with E-state index in [2.05, 4.69) is 78.5 Å². The first-order valence-corrected chi connectivity index (χ1v) is 13.8. The molecule has 2 heterocycles. The molecule has 2 aromatic carbocycles. The van der Waals surface area contributed by atoms with Crippen molar-refractivity contribution in [2.24, 2.45) is 11.8 Å². The molecule has 184 valence electrons. The lowest BCUT2D eigenvalue weighted by Crippen LogP contribution is -2.66. The number of carbonyl (C=O) groups excluding carboxylic acids is 1. The molecule has 0 aromatic heterocycles. The number of urea groups is 1. The Morgan fingerprint density at radius 2 is 1.69 bits per heavy atom. The molecule has 8 rings (SSSR count). The largest absolute Gasteiger partial charge is 0.332 e. The van der Waals surface area contributed by atoms with Gasteiger partial charge in [0.25, 0.3) is 0 Å². The van der Waals surface area contributed by atoms with E-state index in [0.29, 0.717) is 5.92 Å². The van der Waals surface area contributed by atoms with Gasteiger partial charge in [-0.2, -0.15) is 0 Å². The monoisotopic (exact) mass is 469 g/mol. The molecule has 4 saturated carbocycles. The van der Waals surface area contributed by atoms with Crippen molar-refractivity contribution in [3.05, 3.63) is 64.7 Å². The van der Waals surface area contributed by atoms with Crippen LogP contribution in [-0.4, -0.2) is 42.6 Å². The summed E-state index contributed by atoms with van der Waals surface area (Å²) in [6, 6.07) is 16.5. The molecule has 0 spiro atoms. The number of rotatable bonds is 2. The Bertz CT molecular complexity index is 1160. The Morgan fingerprint density at radius 1 is 0.971 bits per heavy atom. The van der Waals surface area contributed by atoms with Gasteiger partial charge in [0.2, 0.25) is 0 Å². The summed E-state index contributed by atoms with van der Waals surface area (Å²) in [7, 11) is 2.22. The van der Waals surface area contributed by atoms with Gasteiger partial charge in [-0.3, -0.25) is 4.90 Å². The minimum Gasteiger partial charge on any atom is -0.332 e. The van der Waals surface area contributed by atoms with Crippen molar-refractivity contribution >= 4 is 11.7 Å². The van der Waals surface area contributed by atoms with Gasteiger partial charge in [0, 0.05) is 29.7 Å². The predicted octanol–water partition coefficient (Wildman–Crippen LogP) is 5.91. The maximum Gasteiger partial charge on any atom is 0.322 e. The summed E-state index contributed by atoms with van der Waals surface area (Å²) in [6.07, 6.45) is 8.43. The van der Waals surface area contributed by atoms with E-state index in [4.69, 9.17) is 0 Å². The Balaban J connectivity index is 1.21. The average Bonchev–Trinajstić information content (AvgIpc) is 3.11. The number of carbonyl (C=O) groups is 1. The summed E-state index contributed by atoms with van der Waals surface area (Å²) in [5.41, 5.74) is 6.83. The molecule has 0 radical (unpaired) electrons. The zero-order chi connectivity index (χ0) is 23.9. The number of nitrogens with zero attached hydrogens (tertiary/aromatic N) is 2. The maximum atomic E-state index is 14.2. The van der Waals surface area contributed by atoms with E-state index in [1.807, 2.05) is 0 Å². The van der Waals surface area contributed by atoms with Gasteiger partial charge in [0.05, 0.1) is 0 Å². The van der Waals surface area contributed by atoms with Crippen LogP contribution in [0.5, 0.6) is 0 Å². The van der Waals surface area contributed by atoms with E-state index in [1.54, 1.807) is 0 Å². The quantitative estimate of drug-likeness (QED) is 0.593. The smallest absolute Gasteiger partial charge is 0.322 e. The van der Waals surface area contributed by atoms with Gasteiger partial charge >= 0.3 is 6.03 Å². The lowest BCUT2D eigenvalue weighted by molar-refractivity contribution is -0.0347. The molecule has 1 saturated heterocycles. The summed E-state index contributed by atoms with van der Waals surface area (Å²) >= 11 is 0. The third-order valence-corrected chi connectivity index (χ3v) is 10.3. The van der Waals surface area contributed by atoms with Crippen LogP contribution in [0.15, 0.2) is 42.5 Å². The number of aryl methyl sites for hydroxylation is 2.